The quantitative estimate of drug-likeness (QED) is 0.271. The second kappa shape index (κ2) is 9.80. The van der Waals surface area contributed by atoms with Crippen molar-refractivity contribution in [1.29, 1.82) is 0 Å². The van der Waals surface area contributed by atoms with Gasteiger partial charge < -0.3 is 28.4 Å². The van der Waals surface area contributed by atoms with Crippen LogP contribution in [0, 0.1) is 6.92 Å². The summed E-state index contributed by atoms with van der Waals surface area (Å²) in [6.45, 7) is 1.76. The molecule has 4 rings (SSSR count). The van der Waals surface area contributed by atoms with Gasteiger partial charge in [-0.05, 0) is 60.5 Å². The molecule has 0 atom stereocenters. The molecule has 0 saturated carbocycles. The lowest BCUT2D eigenvalue weighted by Gasteiger charge is -2.13. The number of hydrogen-bond donors (Lipinski definition) is 0. The van der Waals surface area contributed by atoms with Crippen molar-refractivity contribution in [2.24, 2.45) is 0 Å². The Labute approximate surface area is 202 Å². The fourth-order valence-corrected chi connectivity index (χ4v) is 3.79. The average molecular weight is 476 g/mol. The Hall–Kier alpha value is -4.46. The van der Waals surface area contributed by atoms with Gasteiger partial charge in [0.15, 0.2) is 17.3 Å². The molecule has 35 heavy (non-hydrogen) atoms. The smallest absolute Gasteiger partial charge is 0.343 e. The summed E-state index contributed by atoms with van der Waals surface area (Å²) in [6, 6.07) is 13.2. The SMILES string of the molecule is COc1cccc(C(=O)Oc2cc(C)c3c(c2)O/C(=C\c2cc(OC)c(OC)c(OC)c2)C3=O)c1. The third-order valence-electron chi connectivity index (χ3n) is 5.44. The van der Waals surface area contributed by atoms with Crippen LogP contribution in [0.3, 0.4) is 0 Å². The lowest BCUT2D eigenvalue weighted by atomic mass is 10.0. The van der Waals surface area contributed by atoms with Crippen LogP contribution in [0.25, 0.3) is 6.08 Å². The van der Waals surface area contributed by atoms with Crippen LogP contribution in [0.2, 0.25) is 0 Å². The normalized spacial score (nSPS) is 13.2. The van der Waals surface area contributed by atoms with Crippen LogP contribution in [-0.2, 0) is 0 Å². The van der Waals surface area contributed by atoms with Crippen LogP contribution in [0.4, 0.5) is 0 Å². The number of rotatable bonds is 7. The monoisotopic (exact) mass is 476 g/mol. The Morgan fingerprint density at radius 3 is 2.20 bits per heavy atom. The van der Waals surface area contributed by atoms with Crippen molar-refractivity contribution in [3.63, 3.8) is 0 Å². The number of fused-ring (bicyclic) bond motifs is 1. The summed E-state index contributed by atoms with van der Waals surface area (Å²) in [5.74, 6) is 1.73. The molecule has 0 bridgehead atoms. The molecule has 0 spiro atoms. The van der Waals surface area contributed by atoms with Gasteiger partial charge in [0.25, 0.3) is 0 Å². The van der Waals surface area contributed by atoms with E-state index in [9.17, 15) is 9.59 Å². The number of benzene rings is 3. The summed E-state index contributed by atoms with van der Waals surface area (Å²) in [5.41, 5.74) is 1.99. The highest BCUT2D eigenvalue weighted by Gasteiger charge is 2.30. The summed E-state index contributed by atoms with van der Waals surface area (Å²) in [4.78, 5) is 25.7. The maximum atomic E-state index is 13.1. The highest BCUT2D eigenvalue weighted by atomic mass is 16.5. The van der Waals surface area contributed by atoms with Gasteiger partial charge >= 0.3 is 5.97 Å². The van der Waals surface area contributed by atoms with Crippen LogP contribution in [0.1, 0.15) is 31.8 Å². The van der Waals surface area contributed by atoms with Gasteiger partial charge in [-0.3, -0.25) is 4.79 Å². The zero-order valence-electron chi connectivity index (χ0n) is 20.0. The van der Waals surface area contributed by atoms with Crippen LogP contribution < -0.4 is 28.4 Å². The van der Waals surface area contributed by atoms with Crippen molar-refractivity contribution in [2.75, 3.05) is 28.4 Å². The number of hydrogen-bond acceptors (Lipinski definition) is 8. The van der Waals surface area contributed by atoms with Gasteiger partial charge in [0.05, 0.1) is 39.6 Å². The van der Waals surface area contributed by atoms with E-state index >= 15 is 0 Å². The Balaban J connectivity index is 1.62. The van der Waals surface area contributed by atoms with E-state index in [1.54, 1.807) is 55.5 Å². The number of ether oxygens (including phenoxy) is 6. The first-order valence-corrected chi connectivity index (χ1v) is 10.6. The Bertz CT molecular complexity index is 1310. The predicted molar refractivity (Wildman–Crippen MR) is 128 cm³/mol. The Kier molecular flexibility index (Phi) is 6.64. The van der Waals surface area contributed by atoms with Gasteiger partial charge in [-0.25, -0.2) is 4.79 Å². The third kappa shape index (κ3) is 4.63. The molecule has 1 heterocycles. The standard InChI is InChI=1S/C27H24O8/c1-15-9-19(34-27(29)17-7-6-8-18(13-17)30-2)14-20-24(15)25(28)21(35-20)10-16-11-22(31-3)26(33-5)23(12-16)32-4/h6-14H,1-5H3/b21-10-. The second-order valence-electron chi connectivity index (χ2n) is 7.63. The highest BCUT2D eigenvalue weighted by molar-refractivity contribution is 6.15. The van der Waals surface area contributed by atoms with Gasteiger partial charge in [-0.1, -0.05) is 6.07 Å². The molecule has 0 fully saturated rings. The summed E-state index contributed by atoms with van der Waals surface area (Å²) in [7, 11) is 6.06. The summed E-state index contributed by atoms with van der Waals surface area (Å²) < 4.78 is 32.6. The topological polar surface area (TPSA) is 89.5 Å². The molecule has 180 valence electrons. The first kappa shape index (κ1) is 23.7. The molecule has 1 aliphatic heterocycles. The van der Waals surface area contributed by atoms with Crippen molar-refractivity contribution >= 4 is 17.8 Å². The maximum Gasteiger partial charge on any atom is 0.343 e. The molecule has 0 unspecified atom stereocenters. The Morgan fingerprint density at radius 1 is 0.857 bits per heavy atom. The van der Waals surface area contributed by atoms with Crippen molar-refractivity contribution < 1.29 is 38.0 Å². The molecular weight excluding hydrogens is 452 g/mol. The number of carbonyl (C=O) groups is 2. The highest BCUT2D eigenvalue weighted by Crippen LogP contribution is 2.41. The van der Waals surface area contributed by atoms with Crippen molar-refractivity contribution in [1.82, 2.24) is 0 Å². The molecule has 3 aromatic rings. The van der Waals surface area contributed by atoms with E-state index in [2.05, 4.69) is 0 Å². The van der Waals surface area contributed by atoms with Crippen molar-refractivity contribution in [3.05, 3.63) is 76.5 Å². The van der Waals surface area contributed by atoms with Crippen molar-refractivity contribution in [2.45, 2.75) is 6.92 Å². The largest absolute Gasteiger partial charge is 0.497 e. The number of Topliss-reactive ketones (excluding diaryl/α,β-unsaturated/α-hetero) is 1. The number of allylic oxidation sites excluding steroid dienone is 1. The second-order valence-corrected chi connectivity index (χ2v) is 7.63. The van der Waals surface area contributed by atoms with Gasteiger partial charge in [0.2, 0.25) is 11.5 Å². The molecule has 0 N–H and O–H groups in total. The zero-order valence-corrected chi connectivity index (χ0v) is 20.0. The minimum Gasteiger partial charge on any atom is -0.497 e. The number of esters is 1. The molecule has 8 nitrogen and oxygen atoms in total. The van der Waals surface area contributed by atoms with E-state index in [1.807, 2.05) is 0 Å². The molecule has 0 aliphatic carbocycles. The van der Waals surface area contributed by atoms with Crippen LogP contribution in [0.5, 0.6) is 34.5 Å². The molecule has 0 amide bonds. The first-order valence-electron chi connectivity index (χ1n) is 10.6. The lowest BCUT2D eigenvalue weighted by Crippen LogP contribution is -2.09. The lowest BCUT2D eigenvalue weighted by molar-refractivity contribution is 0.0734. The molecule has 0 saturated heterocycles. The van der Waals surface area contributed by atoms with Crippen LogP contribution in [0.15, 0.2) is 54.3 Å². The average Bonchev–Trinajstić information content (AvgIpc) is 3.18. The van der Waals surface area contributed by atoms with Gasteiger partial charge in [0, 0.05) is 6.07 Å². The van der Waals surface area contributed by atoms with Gasteiger partial charge in [-0.2, -0.15) is 0 Å². The van der Waals surface area contributed by atoms with Crippen LogP contribution >= 0.6 is 0 Å². The van der Waals surface area contributed by atoms with E-state index < -0.39 is 5.97 Å². The zero-order chi connectivity index (χ0) is 25.1. The Morgan fingerprint density at radius 2 is 1.57 bits per heavy atom. The third-order valence-corrected chi connectivity index (χ3v) is 5.44. The molecular formula is C27H24O8. The summed E-state index contributed by atoms with van der Waals surface area (Å²) >= 11 is 0. The summed E-state index contributed by atoms with van der Waals surface area (Å²) in [6.07, 6.45) is 1.59. The minimum atomic E-state index is -0.555. The van der Waals surface area contributed by atoms with Crippen molar-refractivity contribution in [3.8, 4) is 34.5 Å². The van der Waals surface area contributed by atoms with Gasteiger partial charge in [-0.15, -0.1) is 0 Å². The molecule has 1 aliphatic rings. The van der Waals surface area contributed by atoms with E-state index in [1.165, 1.54) is 34.5 Å². The number of carbonyl (C=O) groups excluding carboxylic acids is 2. The number of aryl methyl sites for hydroxylation is 1. The fourth-order valence-electron chi connectivity index (χ4n) is 3.79. The number of ketones is 1. The van der Waals surface area contributed by atoms with E-state index in [0.29, 0.717) is 51.0 Å². The summed E-state index contributed by atoms with van der Waals surface area (Å²) in [5, 5.41) is 0. The number of methoxy groups -OCH3 is 4. The molecule has 0 aromatic heterocycles. The first-order chi connectivity index (χ1) is 16.9. The van der Waals surface area contributed by atoms with E-state index in [-0.39, 0.29) is 17.3 Å². The maximum absolute atomic E-state index is 13.1. The van der Waals surface area contributed by atoms with Crippen LogP contribution in [-0.4, -0.2) is 40.2 Å². The predicted octanol–water partition coefficient (Wildman–Crippen LogP) is 4.86. The van der Waals surface area contributed by atoms with E-state index in [4.69, 9.17) is 28.4 Å². The minimum absolute atomic E-state index is 0.119. The van der Waals surface area contributed by atoms with Gasteiger partial charge in [0.1, 0.15) is 17.2 Å². The van der Waals surface area contributed by atoms with E-state index in [0.717, 1.165) is 0 Å². The molecule has 0 radical (unpaired) electrons. The fraction of sp³-hybridized carbons (Fsp3) is 0.185. The molecule has 8 heteroatoms. The molecule has 3 aromatic carbocycles.